The summed E-state index contributed by atoms with van der Waals surface area (Å²) in [6, 6.07) is 0.632. The second-order valence-electron chi connectivity index (χ2n) is 12.5. The van der Waals surface area contributed by atoms with Gasteiger partial charge in [-0.15, -0.1) is 0 Å². The van der Waals surface area contributed by atoms with E-state index in [1.807, 2.05) is 0 Å². The van der Waals surface area contributed by atoms with Crippen LogP contribution in [-0.2, 0) is 0 Å². The Labute approximate surface area is 161 Å². The lowest BCUT2D eigenvalue weighted by Gasteiger charge is -2.43. The van der Waals surface area contributed by atoms with E-state index in [4.69, 9.17) is 5.73 Å². The van der Waals surface area contributed by atoms with Gasteiger partial charge in [0, 0.05) is 34.7 Å². The highest BCUT2D eigenvalue weighted by molar-refractivity contribution is 5.14. The molecule has 2 N–H and O–H groups in total. The molecule has 0 bridgehead atoms. The van der Waals surface area contributed by atoms with Gasteiger partial charge in [0.1, 0.15) is 0 Å². The van der Waals surface area contributed by atoms with Gasteiger partial charge in [0.25, 0.3) is 0 Å². The van der Waals surface area contributed by atoms with E-state index in [0.717, 1.165) is 19.0 Å². The van der Waals surface area contributed by atoms with Gasteiger partial charge in [0.15, 0.2) is 0 Å². The summed E-state index contributed by atoms with van der Waals surface area (Å²) in [5.41, 5.74) is 7.29. The molecule has 0 aromatic heterocycles. The van der Waals surface area contributed by atoms with Crippen molar-refractivity contribution in [2.45, 2.75) is 115 Å². The Balaban J connectivity index is 1.72. The molecule has 0 amide bonds. The summed E-state index contributed by atoms with van der Waals surface area (Å²) in [6.07, 6.45) is 5.72. The fourth-order valence-corrected chi connectivity index (χ4v) is 7.22. The summed E-state index contributed by atoms with van der Waals surface area (Å²) in [4.78, 5) is 8.58. The van der Waals surface area contributed by atoms with Crippen molar-refractivity contribution < 1.29 is 0 Å². The molecule has 4 saturated heterocycles. The van der Waals surface area contributed by atoms with Crippen LogP contribution in [-0.4, -0.2) is 62.3 Å². The topological polar surface area (TPSA) is 35.7 Å². The molecule has 4 unspecified atom stereocenters. The fourth-order valence-electron chi connectivity index (χ4n) is 7.22. The zero-order chi connectivity index (χ0) is 19.3. The van der Waals surface area contributed by atoms with Crippen LogP contribution in [0.4, 0.5) is 0 Å². The van der Waals surface area contributed by atoms with Gasteiger partial charge in [-0.25, -0.2) is 0 Å². The smallest absolute Gasteiger partial charge is 0.0673 e. The zero-order valence-electron chi connectivity index (χ0n) is 18.5. The molecule has 0 aromatic rings. The second kappa shape index (κ2) is 5.46. The molecule has 0 aromatic carbocycles. The Bertz CT molecular complexity index is 573. The van der Waals surface area contributed by atoms with E-state index in [1.54, 1.807) is 0 Å². The summed E-state index contributed by atoms with van der Waals surface area (Å²) < 4.78 is 0. The zero-order valence-corrected chi connectivity index (χ0v) is 18.5. The Morgan fingerprint density at radius 2 is 1.38 bits per heavy atom. The van der Waals surface area contributed by atoms with Gasteiger partial charge in [0.05, 0.1) is 12.8 Å². The van der Waals surface area contributed by atoms with E-state index in [1.165, 1.54) is 25.8 Å². The van der Waals surface area contributed by atoms with Crippen LogP contribution in [0.3, 0.4) is 0 Å². The first-order valence-corrected chi connectivity index (χ1v) is 10.8. The van der Waals surface area contributed by atoms with Crippen LogP contribution < -0.4 is 5.73 Å². The molecule has 4 nitrogen and oxygen atoms in total. The van der Waals surface area contributed by atoms with Crippen molar-refractivity contribution in [3.8, 4) is 0 Å². The Morgan fingerprint density at radius 1 is 0.846 bits per heavy atom. The summed E-state index contributed by atoms with van der Waals surface area (Å²) >= 11 is 0. The molecule has 0 radical (unpaired) electrons. The van der Waals surface area contributed by atoms with Crippen molar-refractivity contribution in [2.75, 3.05) is 13.2 Å². The van der Waals surface area contributed by atoms with Gasteiger partial charge < -0.3 is 5.73 Å². The van der Waals surface area contributed by atoms with Crippen LogP contribution in [0.2, 0.25) is 0 Å². The molecular formula is C22H42N4. The van der Waals surface area contributed by atoms with Crippen LogP contribution in [0.5, 0.6) is 0 Å². The van der Waals surface area contributed by atoms with Crippen molar-refractivity contribution in [3.05, 3.63) is 0 Å². The highest BCUT2D eigenvalue weighted by Gasteiger charge is 2.61. The van der Waals surface area contributed by atoms with Crippen LogP contribution in [0.15, 0.2) is 0 Å². The number of nitrogens with two attached hydrogens (primary N) is 1. The van der Waals surface area contributed by atoms with Crippen LogP contribution in [0, 0.1) is 11.8 Å². The van der Waals surface area contributed by atoms with Gasteiger partial charge in [-0.2, -0.15) is 0 Å². The summed E-state index contributed by atoms with van der Waals surface area (Å²) in [7, 11) is 0. The predicted octanol–water partition coefficient (Wildman–Crippen LogP) is 3.46. The van der Waals surface area contributed by atoms with Gasteiger partial charge in [-0.1, -0.05) is 0 Å². The van der Waals surface area contributed by atoms with E-state index in [0.29, 0.717) is 29.2 Å². The molecule has 26 heavy (non-hydrogen) atoms. The van der Waals surface area contributed by atoms with Crippen LogP contribution in [0.25, 0.3) is 0 Å². The quantitative estimate of drug-likeness (QED) is 0.816. The number of hydrogen-bond acceptors (Lipinski definition) is 4. The third-order valence-electron chi connectivity index (χ3n) is 8.10. The van der Waals surface area contributed by atoms with Gasteiger partial charge >= 0.3 is 0 Å². The SMILES string of the molecule is CC(C)(N)CC1CC(C)(C)N2CN3C4C(CC(C)(C)N4CC12)CC3(C)C. The lowest BCUT2D eigenvalue weighted by Crippen LogP contribution is -2.55. The Kier molecular flexibility index (Phi) is 4.03. The lowest BCUT2D eigenvalue weighted by molar-refractivity contribution is -0.0125. The summed E-state index contributed by atoms with van der Waals surface area (Å²) in [5, 5.41) is 0. The van der Waals surface area contributed by atoms with Crippen LogP contribution in [0.1, 0.15) is 81.1 Å². The molecule has 0 spiro atoms. The van der Waals surface area contributed by atoms with Crippen molar-refractivity contribution in [3.63, 3.8) is 0 Å². The number of nitrogens with zero attached hydrogens (tertiary/aromatic N) is 3. The van der Waals surface area contributed by atoms with E-state index in [-0.39, 0.29) is 11.1 Å². The maximum Gasteiger partial charge on any atom is 0.0673 e. The number of rotatable bonds is 2. The normalized spacial score (nSPS) is 41.9. The third-order valence-corrected chi connectivity index (χ3v) is 8.10. The number of hydrogen-bond donors (Lipinski definition) is 1. The van der Waals surface area contributed by atoms with E-state index >= 15 is 0 Å². The average Bonchev–Trinajstić information content (AvgIpc) is 2.80. The minimum absolute atomic E-state index is 0.0818. The number of fused-ring (bicyclic) bond motifs is 1. The predicted molar refractivity (Wildman–Crippen MR) is 109 cm³/mol. The van der Waals surface area contributed by atoms with Crippen LogP contribution >= 0.6 is 0 Å². The largest absolute Gasteiger partial charge is 0.326 e. The monoisotopic (exact) mass is 362 g/mol. The molecule has 4 fully saturated rings. The minimum Gasteiger partial charge on any atom is -0.326 e. The van der Waals surface area contributed by atoms with Gasteiger partial charge in [-0.05, 0) is 92.9 Å². The lowest BCUT2D eigenvalue weighted by atomic mass is 9.83. The first-order valence-electron chi connectivity index (χ1n) is 10.8. The maximum absolute atomic E-state index is 6.49. The van der Waals surface area contributed by atoms with Crippen molar-refractivity contribution >= 4 is 0 Å². The highest BCUT2D eigenvalue weighted by atomic mass is 15.5. The Hall–Kier alpha value is -0.160. The molecule has 4 rings (SSSR count). The summed E-state index contributed by atoms with van der Waals surface area (Å²) in [6.45, 7) is 21.6. The van der Waals surface area contributed by atoms with Gasteiger partial charge in [-0.3, -0.25) is 14.7 Å². The molecule has 4 aliphatic heterocycles. The third kappa shape index (κ3) is 2.87. The molecule has 4 aliphatic rings. The van der Waals surface area contributed by atoms with E-state index < -0.39 is 0 Å². The molecule has 4 heterocycles. The van der Waals surface area contributed by atoms with E-state index in [2.05, 4.69) is 70.1 Å². The second-order valence-corrected chi connectivity index (χ2v) is 12.5. The Morgan fingerprint density at radius 3 is 1.96 bits per heavy atom. The summed E-state index contributed by atoms with van der Waals surface area (Å²) in [5.74, 6) is 1.52. The van der Waals surface area contributed by atoms with Crippen molar-refractivity contribution in [1.29, 1.82) is 0 Å². The van der Waals surface area contributed by atoms with Gasteiger partial charge in [0.2, 0.25) is 0 Å². The fraction of sp³-hybridized carbons (Fsp3) is 1.00. The molecular weight excluding hydrogens is 320 g/mol. The van der Waals surface area contributed by atoms with E-state index in [9.17, 15) is 0 Å². The molecule has 4 atom stereocenters. The standard InChI is InChI=1S/C22H42N4/c1-19(2,23)9-15-10-21(5,6)25-14-26-18-16(12-22(26,7)8)11-20(3,4)24(18)13-17(15)25/h15-18H,9-14,23H2,1-8H3. The van der Waals surface area contributed by atoms with Crippen molar-refractivity contribution in [2.24, 2.45) is 17.6 Å². The molecule has 150 valence electrons. The molecule has 4 heteroatoms. The highest BCUT2D eigenvalue weighted by Crippen LogP contribution is 2.54. The first-order chi connectivity index (χ1) is 11.7. The molecule has 0 saturated carbocycles. The maximum atomic E-state index is 6.49. The van der Waals surface area contributed by atoms with Crippen molar-refractivity contribution in [1.82, 2.24) is 14.7 Å². The minimum atomic E-state index is -0.0818. The average molecular weight is 363 g/mol. The first kappa shape index (κ1) is 19.2. The molecule has 0 aliphatic carbocycles.